The van der Waals surface area contributed by atoms with Crippen LogP contribution >= 0.6 is 28.6 Å². The molecule has 0 aliphatic heterocycles. The van der Waals surface area contributed by atoms with Gasteiger partial charge in [0.15, 0.2) is 0 Å². The monoisotopic (exact) mass is 331 g/mol. The smallest absolute Gasteiger partial charge is 0.329 e. The van der Waals surface area contributed by atoms with Gasteiger partial charge in [-0.25, -0.2) is 4.79 Å². The molecule has 0 unspecified atom stereocenters. The van der Waals surface area contributed by atoms with E-state index < -0.39 is 12.0 Å². The molecule has 0 saturated carbocycles. The number of hydrogen-bond acceptors (Lipinski definition) is 4. The van der Waals surface area contributed by atoms with E-state index in [0.717, 1.165) is 10.0 Å². The zero-order chi connectivity index (χ0) is 13.5. The summed E-state index contributed by atoms with van der Waals surface area (Å²) in [6, 6.07) is 6.73. The van der Waals surface area contributed by atoms with Crippen LogP contribution in [0, 0.1) is 0 Å². The number of carbonyl (C=O) groups is 2. The van der Waals surface area contributed by atoms with Crippen LogP contribution in [0.1, 0.15) is 12.5 Å². The van der Waals surface area contributed by atoms with Gasteiger partial charge in [-0.1, -0.05) is 28.1 Å². The van der Waals surface area contributed by atoms with E-state index in [1.54, 1.807) is 0 Å². The largest absolute Gasteiger partial charge is 0.459 e. The number of rotatable bonds is 5. The maximum absolute atomic E-state index is 11.7. The maximum atomic E-state index is 11.7. The fraction of sp³-hybridized carbons (Fsp3) is 0.333. The van der Waals surface area contributed by atoms with Crippen molar-refractivity contribution < 1.29 is 14.3 Å². The van der Waals surface area contributed by atoms with Gasteiger partial charge >= 0.3 is 5.97 Å². The van der Waals surface area contributed by atoms with Gasteiger partial charge in [0, 0.05) is 17.1 Å². The van der Waals surface area contributed by atoms with E-state index in [1.807, 2.05) is 24.3 Å². The summed E-state index contributed by atoms with van der Waals surface area (Å²) in [5.74, 6) is -0.559. The summed E-state index contributed by atoms with van der Waals surface area (Å²) in [5.41, 5.74) is 0.882. The fourth-order valence-electron chi connectivity index (χ4n) is 1.26. The average Bonchev–Trinajstić information content (AvgIpc) is 2.34. The predicted octanol–water partition coefficient (Wildman–Crippen LogP) is 1.93. The third-order valence-electron chi connectivity index (χ3n) is 2.14. The third-order valence-corrected chi connectivity index (χ3v) is 3.03. The highest BCUT2D eigenvalue weighted by molar-refractivity contribution is 9.10. The summed E-state index contributed by atoms with van der Waals surface area (Å²) < 4.78 is 6.07. The molecule has 0 heterocycles. The molecule has 4 nitrogen and oxygen atoms in total. The minimum atomic E-state index is -0.707. The molecular formula is C12H14BrNO3S. The Morgan fingerprint density at radius 1 is 1.39 bits per heavy atom. The van der Waals surface area contributed by atoms with Gasteiger partial charge in [-0.3, -0.25) is 4.79 Å². The number of carbonyl (C=O) groups excluding carboxylic acids is 2. The van der Waals surface area contributed by atoms with Crippen LogP contribution < -0.4 is 5.32 Å². The molecule has 0 radical (unpaired) electrons. The van der Waals surface area contributed by atoms with E-state index in [4.69, 9.17) is 4.74 Å². The van der Waals surface area contributed by atoms with Crippen LogP contribution in [0.15, 0.2) is 28.7 Å². The summed E-state index contributed by atoms with van der Waals surface area (Å²) in [4.78, 5) is 22.5. The van der Waals surface area contributed by atoms with Crippen molar-refractivity contribution >= 4 is 40.4 Å². The van der Waals surface area contributed by atoms with Crippen LogP contribution in [-0.2, 0) is 20.9 Å². The fourth-order valence-corrected chi connectivity index (χ4v) is 1.76. The Bertz CT molecular complexity index is 422. The normalized spacial score (nSPS) is 11.7. The van der Waals surface area contributed by atoms with E-state index in [2.05, 4.69) is 33.9 Å². The number of ether oxygens (including phenoxy) is 1. The highest BCUT2D eigenvalue weighted by Crippen LogP contribution is 2.11. The van der Waals surface area contributed by atoms with Crippen LogP contribution in [0.25, 0.3) is 0 Å². The van der Waals surface area contributed by atoms with E-state index >= 15 is 0 Å². The summed E-state index contributed by atoms with van der Waals surface area (Å²) >= 11 is 7.32. The maximum Gasteiger partial charge on any atom is 0.329 e. The van der Waals surface area contributed by atoms with Crippen LogP contribution in [0.4, 0.5) is 0 Å². The highest BCUT2D eigenvalue weighted by atomic mass is 79.9. The van der Waals surface area contributed by atoms with Crippen molar-refractivity contribution in [2.45, 2.75) is 19.6 Å². The van der Waals surface area contributed by atoms with Crippen molar-refractivity contribution in [1.82, 2.24) is 5.32 Å². The summed E-state index contributed by atoms with van der Waals surface area (Å²) in [6.07, 6.45) is 0. The second-order valence-corrected chi connectivity index (χ2v) is 4.95. The van der Waals surface area contributed by atoms with E-state index in [1.165, 1.54) is 6.92 Å². The Labute approximate surface area is 120 Å². The second kappa shape index (κ2) is 7.43. The van der Waals surface area contributed by atoms with Gasteiger partial charge in [0.1, 0.15) is 12.6 Å². The van der Waals surface area contributed by atoms with Gasteiger partial charge in [0.2, 0.25) is 5.91 Å². The van der Waals surface area contributed by atoms with Gasteiger partial charge in [-0.05, 0) is 17.7 Å². The number of esters is 1. The Morgan fingerprint density at radius 2 is 2.00 bits per heavy atom. The lowest BCUT2D eigenvalue weighted by molar-refractivity contribution is -0.148. The van der Waals surface area contributed by atoms with Gasteiger partial charge in [0.05, 0.1) is 0 Å². The Balaban J connectivity index is 2.49. The molecule has 0 saturated heterocycles. The molecule has 1 aromatic carbocycles. The summed E-state index contributed by atoms with van der Waals surface area (Å²) in [5, 5.41) is 2.48. The van der Waals surface area contributed by atoms with Gasteiger partial charge in [-0.2, -0.15) is 12.6 Å². The lowest BCUT2D eigenvalue weighted by Gasteiger charge is -2.14. The molecule has 1 rings (SSSR count). The van der Waals surface area contributed by atoms with E-state index in [0.29, 0.717) is 0 Å². The lowest BCUT2D eigenvalue weighted by atomic mass is 10.2. The molecule has 0 bridgehead atoms. The topological polar surface area (TPSA) is 55.4 Å². The van der Waals surface area contributed by atoms with Crippen LogP contribution in [0.5, 0.6) is 0 Å². The molecule has 1 aromatic rings. The van der Waals surface area contributed by atoms with E-state index in [-0.39, 0.29) is 18.3 Å². The SMILES string of the molecule is CC(=O)N[C@@H](CS)C(=O)OCc1ccc(Br)cc1. The number of amides is 1. The molecule has 0 spiro atoms. The third kappa shape index (κ3) is 5.10. The molecule has 1 amide bonds. The van der Waals surface area contributed by atoms with Crippen molar-refractivity contribution in [3.8, 4) is 0 Å². The number of benzene rings is 1. The van der Waals surface area contributed by atoms with Gasteiger partial charge in [0.25, 0.3) is 0 Å². The Hall–Kier alpha value is -1.01. The molecule has 0 aromatic heterocycles. The Kier molecular flexibility index (Phi) is 6.21. The van der Waals surface area contributed by atoms with Gasteiger partial charge in [-0.15, -0.1) is 0 Å². The minimum absolute atomic E-state index is 0.177. The first-order valence-corrected chi connectivity index (χ1v) is 6.74. The molecule has 1 N–H and O–H groups in total. The molecule has 0 aliphatic rings. The number of nitrogens with one attached hydrogen (secondary N) is 1. The number of thiol groups is 1. The summed E-state index contributed by atoms with van der Waals surface area (Å²) in [7, 11) is 0. The number of halogens is 1. The van der Waals surface area contributed by atoms with Crippen molar-refractivity contribution in [2.75, 3.05) is 5.75 Å². The van der Waals surface area contributed by atoms with Crippen molar-refractivity contribution in [3.05, 3.63) is 34.3 Å². The van der Waals surface area contributed by atoms with Crippen LogP contribution in [-0.4, -0.2) is 23.7 Å². The molecular weight excluding hydrogens is 318 g/mol. The predicted molar refractivity (Wildman–Crippen MR) is 75.4 cm³/mol. The quantitative estimate of drug-likeness (QED) is 0.640. The molecule has 0 aliphatic carbocycles. The lowest BCUT2D eigenvalue weighted by Crippen LogP contribution is -2.42. The minimum Gasteiger partial charge on any atom is -0.459 e. The molecule has 18 heavy (non-hydrogen) atoms. The Morgan fingerprint density at radius 3 is 2.50 bits per heavy atom. The molecule has 1 atom stereocenters. The van der Waals surface area contributed by atoms with Crippen LogP contribution in [0.2, 0.25) is 0 Å². The first-order chi connectivity index (χ1) is 8.52. The first-order valence-electron chi connectivity index (χ1n) is 5.32. The number of hydrogen-bond donors (Lipinski definition) is 2. The van der Waals surface area contributed by atoms with Crippen molar-refractivity contribution in [2.24, 2.45) is 0 Å². The van der Waals surface area contributed by atoms with Gasteiger partial charge < -0.3 is 10.1 Å². The van der Waals surface area contributed by atoms with Crippen molar-refractivity contribution in [3.63, 3.8) is 0 Å². The zero-order valence-corrected chi connectivity index (χ0v) is 12.3. The average molecular weight is 332 g/mol. The first kappa shape index (κ1) is 15.0. The highest BCUT2D eigenvalue weighted by Gasteiger charge is 2.19. The second-order valence-electron chi connectivity index (χ2n) is 3.67. The van der Waals surface area contributed by atoms with E-state index in [9.17, 15) is 9.59 Å². The molecule has 98 valence electrons. The van der Waals surface area contributed by atoms with Crippen molar-refractivity contribution in [1.29, 1.82) is 0 Å². The molecule has 0 fully saturated rings. The summed E-state index contributed by atoms with van der Waals surface area (Å²) in [6.45, 7) is 1.52. The zero-order valence-electron chi connectivity index (χ0n) is 9.85. The molecule has 6 heteroatoms. The standard InChI is InChI=1S/C12H14BrNO3S/c1-8(15)14-11(7-18)12(16)17-6-9-2-4-10(13)5-3-9/h2-5,11,18H,6-7H2,1H3,(H,14,15)/t11-/m0/s1. The van der Waals surface area contributed by atoms with Crippen LogP contribution in [0.3, 0.4) is 0 Å².